The molecule has 2 fully saturated rings. The van der Waals surface area contributed by atoms with Gasteiger partial charge in [-0.1, -0.05) is 45.4 Å². The lowest BCUT2D eigenvalue weighted by molar-refractivity contribution is -0.125. The summed E-state index contributed by atoms with van der Waals surface area (Å²) in [4.78, 5) is 25.1. The molecule has 6 nitrogen and oxygen atoms in total. The molecule has 0 aromatic carbocycles. The van der Waals surface area contributed by atoms with E-state index in [2.05, 4.69) is 15.7 Å². The summed E-state index contributed by atoms with van der Waals surface area (Å²) in [5.74, 6) is -0.111. The summed E-state index contributed by atoms with van der Waals surface area (Å²) in [7, 11) is 0. The average Bonchev–Trinajstić information content (AvgIpc) is 3.14. The summed E-state index contributed by atoms with van der Waals surface area (Å²) in [6.45, 7) is 1.98. The van der Waals surface area contributed by atoms with Crippen molar-refractivity contribution in [1.82, 2.24) is 20.4 Å². The molecule has 0 aliphatic heterocycles. The van der Waals surface area contributed by atoms with E-state index < -0.39 is 0 Å². The number of amides is 2. The Labute approximate surface area is 156 Å². The van der Waals surface area contributed by atoms with Crippen LogP contribution in [0.4, 0.5) is 0 Å². The smallest absolute Gasteiger partial charge is 0.271 e. The average molecular weight is 361 g/mol. The minimum Gasteiger partial charge on any atom is -0.352 e. The highest BCUT2D eigenvalue weighted by Gasteiger charge is 2.25. The SMILES string of the molecule is CCC(C(=O)NC1CCCCC1)n1ccc(C(=O)NC2CCCCC2)n1. The zero-order valence-electron chi connectivity index (χ0n) is 15.9. The van der Waals surface area contributed by atoms with Crippen molar-refractivity contribution in [3.05, 3.63) is 18.0 Å². The van der Waals surface area contributed by atoms with Crippen molar-refractivity contribution in [2.45, 2.75) is 95.7 Å². The lowest BCUT2D eigenvalue weighted by Crippen LogP contribution is -2.41. The summed E-state index contributed by atoms with van der Waals surface area (Å²) in [6, 6.07) is 1.91. The van der Waals surface area contributed by atoms with Gasteiger partial charge in [-0.15, -0.1) is 0 Å². The van der Waals surface area contributed by atoms with E-state index in [-0.39, 0.29) is 29.9 Å². The Bertz CT molecular complexity index is 601. The molecule has 1 heterocycles. The van der Waals surface area contributed by atoms with E-state index in [9.17, 15) is 9.59 Å². The lowest BCUT2D eigenvalue weighted by Gasteiger charge is -2.25. The third-order valence-corrected chi connectivity index (χ3v) is 5.74. The molecule has 2 amide bonds. The second-order valence-corrected chi connectivity index (χ2v) is 7.76. The molecule has 1 unspecified atom stereocenters. The molecule has 0 spiro atoms. The van der Waals surface area contributed by atoms with Gasteiger partial charge in [-0.05, 0) is 38.2 Å². The molecule has 2 saturated carbocycles. The van der Waals surface area contributed by atoms with Crippen LogP contribution in [0.2, 0.25) is 0 Å². The summed E-state index contributed by atoms with van der Waals surface area (Å²) in [5.41, 5.74) is 0.402. The third kappa shape index (κ3) is 4.86. The van der Waals surface area contributed by atoms with Gasteiger partial charge in [0.2, 0.25) is 5.91 Å². The van der Waals surface area contributed by atoms with Crippen LogP contribution in [0.3, 0.4) is 0 Å². The number of nitrogens with one attached hydrogen (secondary N) is 2. The van der Waals surface area contributed by atoms with Crippen LogP contribution in [-0.4, -0.2) is 33.7 Å². The molecule has 2 aliphatic carbocycles. The topological polar surface area (TPSA) is 76.0 Å². The van der Waals surface area contributed by atoms with E-state index >= 15 is 0 Å². The van der Waals surface area contributed by atoms with E-state index in [4.69, 9.17) is 0 Å². The quantitative estimate of drug-likeness (QED) is 0.817. The maximum absolute atomic E-state index is 12.7. The van der Waals surface area contributed by atoms with Gasteiger partial charge in [-0.2, -0.15) is 5.10 Å². The number of carbonyl (C=O) groups excluding carboxylic acids is 2. The molecular weight excluding hydrogens is 328 g/mol. The number of hydrogen-bond acceptors (Lipinski definition) is 3. The first-order chi connectivity index (χ1) is 12.7. The maximum atomic E-state index is 12.7. The molecule has 0 radical (unpaired) electrons. The summed E-state index contributed by atoms with van der Waals surface area (Å²) < 4.78 is 1.65. The Morgan fingerprint density at radius 3 is 2.19 bits per heavy atom. The third-order valence-electron chi connectivity index (χ3n) is 5.74. The fourth-order valence-electron chi connectivity index (χ4n) is 4.18. The van der Waals surface area contributed by atoms with Crippen LogP contribution in [0, 0.1) is 0 Å². The van der Waals surface area contributed by atoms with E-state index in [0.29, 0.717) is 12.1 Å². The Morgan fingerprint density at radius 1 is 1.04 bits per heavy atom. The van der Waals surface area contributed by atoms with Crippen LogP contribution < -0.4 is 10.6 Å². The molecule has 144 valence electrons. The Balaban J connectivity index is 1.58. The van der Waals surface area contributed by atoms with Crippen molar-refractivity contribution < 1.29 is 9.59 Å². The highest BCUT2D eigenvalue weighted by Crippen LogP contribution is 2.20. The molecule has 2 aliphatic rings. The highest BCUT2D eigenvalue weighted by molar-refractivity contribution is 5.92. The molecular formula is C20H32N4O2. The Hall–Kier alpha value is -1.85. The number of aromatic nitrogens is 2. The van der Waals surface area contributed by atoms with E-state index in [1.165, 1.54) is 38.5 Å². The van der Waals surface area contributed by atoms with E-state index in [1.54, 1.807) is 16.9 Å². The molecule has 3 rings (SSSR count). The summed E-state index contributed by atoms with van der Waals surface area (Å²) in [5, 5.41) is 10.7. The molecule has 0 bridgehead atoms. The maximum Gasteiger partial charge on any atom is 0.271 e. The van der Waals surface area contributed by atoms with Crippen molar-refractivity contribution in [1.29, 1.82) is 0 Å². The molecule has 26 heavy (non-hydrogen) atoms. The predicted octanol–water partition coefficient (Wildman–Crippen LogP) is 3.35. The van der Waals surface area contributed by atoms with Gasteiger partial charge in [0.25, 0.3) is 5.91 Å². The fraction of sp³-hybridized carbons (Fsp3) is 0.750. The van der Waals surface area contributed by atoms with Crippen LogP contribution in [-0.2, 0) is 4.79 Å². The van der Waals surface area contributed by atoms with Crippen molar-refractivity contribution in [2.75, 3.05) is 0 Å². The second-order valence-electron chi connectivity index (χ2n) is 7.76. The molecule has 1 atom stereocenters. The van der Waals surface area contributed by atoms with Gasteiger partial charge < -0.3 is 10.6 Å². The first-order valence-electron chi connectivity index (χ1n) is 10.3. The van der Waals surface area contributed by atoms with Crippen LogP contribution in [0.25, 0.3) is 0 Å². The van der Waals surface area contributed by atoms with Crippen LogP contribution in [0.15, 0.2) is 12.3 Å². The largest absolute Gasteiger partial charge is 0.352 e. The fourth-order valence-corrected chi connectivity index (χ4v) is 4.18. The summed E-state index contributed by atoms with van der Waals surface area (Å²) >= 11 is 0. The molecule has 1 aromatic heterocycles. The summed E-state index contributed by atoms with van der Waals surface area (Å²) in [6.07, 6.45) is 13.9. The van der Waals surface area contributed by atoms with Crippen molar-refractivity contribution in [3.63, 3.8) is 0 Å². The van der Waals surface area contributed by atoms with Crippen LogP contribution >= 0.6 is 0 Å². The van der Waals surface area contributed by atoms with Crippen LogP contribution in [0.5, 0.6) is 0 Å². The van der Waals surface area contributed by atoms with Gasteiger partial charge in [0, 0.05) is 18.3 Å². The van der Waals surface area contributed by atoms with Crippen molar-refractivity contribution >= 4 is 11.8 Å². The number of hydrogen-bond donors (Lipinski definition) is 2. The first-order valence-corrected chi connectivity index (χ1v) is 10.3. The zero-order valence-corrected chi connectivity index (χ0v) is 15.9. The van der Waals surface area contributed by atoms with Gasteiger partial charge in [-0.3, -0.25) is 14.3 Å². The minimum absolute atomic E-state index is 0.0155. The van der Waals surface area contributed by atoms with Gasteiger partial charge in [0.15, 0.2) is 0 Å². The van der Waals surface area contributed by atoms with Gasteiger partial charge in [0.05, 0.1) is 0 Å². The number of carbonyl (C=O) groups is 2. The van der Waals surface area contributed by atoms with Gasteiger partial charge in [0.1, 0.15) is 11.7 Å². The molecule has 2 N–H and O–H groups in total. The minimum atomic E-state index is -0.354. The normalized spacial score (nSPS) is 20.5. The molecule has 0 saturated heterocycles. The van der Waals surface area contributed by atoms with Gasteiger partial charge in [-0.25, -0.2) is 0 Å². The Morgan fingerprint density at radius 2 is 1.62 bits per heavy atom. The van der Waals surface area contributed by atoms with E-state index in [1.807, 2.05) is 6.92 Å². The van der Waals surface area contributed by atoms with Crippen molar-refractivity contribution in [3.8, 4) is 0 Å². The number of nitrogens with zero attached hydrogens (tertiary/aromatic N) is 2. The van der Waals surface area contributed by atoms with E-state index in [0.717, 1.165) is 25.7 Å². The van der Waals surface area contributed by atoms with Gasteiger partial charge >= 0.3 is 0 Å². The lowest BCUT2D eigenvalue weighted by atomic mass is 9.95. The Kier molecular flexibility index (Phi) is 6.69. The zero-order chi connectivity index (χ0) is 18.4. The predicted molar refractivity (Wildman–Crippen MR) is 101 cm³/mol. The second kappa shape index (κ2) is 9.19. The van der Waals surface area contributed by atoms with Crippen molar-refractivity contribution in [2.24, 2.45) is 0 Å². The molecule has 6 heteroatoms. The standard InChI is InChI=1S/C20H32N4O2/c1-2-18(20(26)22-16-11-7-4-8-12-16)24-14-13-17(23-24)19(25)21-15-9-5-3-6-10-15/h13-16,18H,2-12H2,1H3,(H,21,25)(H,22,26). The number of rotatable bonds is 6. The molecule has 1 aromatic rings. The monoisotopic (exact) mass is 360 g/mol. The first kappa shape index (κ1) is 18.9. The highest BCUT2D eigenvalue weighted by atomic mass is 16.2. The van der Waals surface area contributed by atoms with Crippen LogP contribution in [0.1, 0.15) is 94.1 Å².